The van der Waals surface area contributed by atoms with Crippen LogP contribution in [-0.2, 0) is 11.3 Å². The summed E-state index contributed by atoms with van der Waals surface area (Å²) in [5, 5.41) is 10.9. The van der Waals surface area contributed by atoms with Gasteiger partial charge in [0.15, 0.2) is 5.37 Å². The number of benzene rings is 2. The third-order valence-electron chi connectivity index (χ3n) is 3.80. The third kappa shape index (κ3) is 3.83. The lowest BCUT2D eigenvalue weighted by atomic mass is 10.1. The van der Waals surface area contributed by atoms with E-state index in [0.717, 1.165) is 22.9 Å². The van der Waals surface area contributed by atoms with Gasteiger partial charge in [-0.1, -0.05) is 35.9 Å². The highest BCUT2D eigenvalue weighted by Gasteiger charge is 2.39. The molecule has 2 aromatic rings. The van der Waals surface area contributed by atoms with E-state index < -0.39 is 11.3 Å². The number of imide groups is 1. The lowest BCUT2D eigenvalue weighted by molar-refractivity contribution is -0.126. The minimum absolute atomic E-state index is 0.114. The first-order valence-corrected chi connectivity index (χ1v) is 8.49. The summed E-state index contributed by atoms with van der Waals surface area (Å²) in [6, 6.07) is 13.8. The first-order valence-electron chi connectivity index (χ1n) is 7.61. The Labute approximate surface area is 148 Å². The van der Waals surface area contributed by atoms with Gasteiger partial charge in [-0.2, -0.15) is 0 Å². The van der Waals surface area contributed by atoms with Gasteiger partial charge in [0.1, 0.15) is 0 Å². The van der Waals surface area contributed by atoms with Crippen LogP contribution in [0.3, 0.4) is 0 Å². The van der Waals surface area contributed by atoms with E-state index in [2.05, 4.69) is 5.32 Å². The van der Waals surface area contributed by atoms with Gasteiger partial charge < -0.3 is 10.4 Å². The minimum atomic E-state index is -1.05. The fourth-order valence-electron chi connectivity index (χ4n) is 2.45. The predicted octanol–water partition coefficient (Wildman–Crippen LogP) is 3.33. The van der Waals surface area contributed by atoms with Crippen LogP contribution in [0.15, 0.2) is 48.5 Å². The number of thioether (sulfide) groups is 1. The van der Waals surface area contributed by atoms with Gasteiger partial charge >= 0.3 is 5.97 Å². The molecule has 0 aromatic heterocycles. The lowest BCUT2D eigenvalue weighted by Crippen LogP contribution is -2.33. The Balaban J connectivity index is 1.71. The number of carbonyl (C=O) groups excluding carboxylic acids is 2. The molecule has 0 bridgehead atoms. The van der Waals surface area contributed by atoms with Gasteiger partial charge in [-0.3, -0.25) is 14.5 Å². The van der Waals surface area contributed by atoms with Crippen LogP contribution in [0.4, 0.5) is 10.5 Å². The van der Waals surface area contributed by atoms with E-state index in [1.807, 2.05) is 31.2 Å². The molecule has 128 valence electrons. The molecule has 1 heterocycles. The van der Waals surface area contributed by atoms with Crippen molar-refractivity contribution >= 4 is 34.6 Å². The maximum absolute atomic E-state index is 12.5. The number of carboxylic acids is 1. The van der Waals surface area contributed by atoms with Gasteiger partial charge in [-0.25, -0.2) is 4.79 Å². The Morgan fingerprint density at radius 2 is 1.92 bits per heavy atom. The Bertz CT molecular complexity index is 835. The number of carboxylic acid groups (broad SMARTS) is 1. The zero-order valence-corrected chi connectivity index (χ0v) is 14.2. The van der Waals surface area contributed by atoms with Gasteiger partial charge in [0.25, 0.3) is 11.1 Å². The molecule has 1 aliphatic heterocycles. The SMILES string of the molecule is Cc1ccc(CN2C(=O)SC(Nc3cccc(C(=O)O)c3)C2=O)cc1. The molecule has 0 saturated carbocycles. The van der Waals surface area contributed by atoms with Crippen molar-refractivity contribution in [2.75, 3.05) is 5.32 Å². The Morgan fingerprint density at radius 1 is 1.20 bits per heavy atom. The number of nitrogens with one attached hydrogen (secondary N) is 1. The molecule has 0 aliphatic carbocycles. The van der Waals surface area contributed by atoms with Crippen LogP contribution in [-0.4, -0.2) is 32.5 Å². The van der Waals surface area contributed by atoms with Gasteiger partial charge in [0.05, 0.1) is 12.1 Å². The molecule has 6 nitrogen and oxygen atoms in total. The molecule has 3 rings (SSSR count). The van der Waals surface area contributed by atoms with Crippen molar-refractivity contribution in [1.82, 2.24) is 4.90 Å². The highest BCUT2D eigenvalue weighted by molar-refractivity contribution is 8.15. The van der Waals surface area contributed by atoms with Crippen molar-refractivity contribution in [3.05, 3.63) is 65.2 Å². The summed E-state index contributed by atoms with van der Waals surface area (Å²) in [5.41, 5.74) is 2.58. The largest absolute Gasteiger partial charge is 0.478 e. The lowest BCUT2D eigenvalue weighted by Gasteiger charge is -2.15. The van der Waals surface area contributed by atoms with Crippen LogP contribution in [0.2, 0.25) is 0 Å². The van der Waals surface area contributed by atoms with Crippen molar-refractivity contribution in [3.8, 4) is 0 Å². The van der Waals surface area contributed by atoms with E-state index in [1.54, 1.807) is 12.1 Å². The molecule has 7 heteroatoms. The zero-order chi connectivity index (χ0) is 18.0. The van der Waals surface area contributed by atoms with Crippen molar-refractivity contribution in [2.45, 2.75) is 18.8 Å². The fraction of sp³-hybridized carbons (Fsp3) is 0.167. The summed E-state index contributed by atoms with van der Waals surface area (Å²) in [6.45, 7) is 2.19. The Kier molecular flexibility index (Phi) is 4.76. The van der Waals surface area contributed by atoms with Gasteiger partial charge in [0.2, 0.25) is 0 Å². The van der Waals surface area contributed by atoms with Crippen molar-refractivity contribution < 1.29 is 19.5 Å². The number of anilines is 1. The maximum atomic E-state index is 12.5. The molecule has 1 atom stereocenters. The average Bonchev–Trinajstić information content (AvgIpc) is 2.84. The molecule has 0 radical (unpaired) electrons. The van der Waals surface area contributed by atoms with Crippen LogP contribution in [0.5, 0.6) is 0 Å². The van der Waals surface area contributed by atoms with E-state index in [1.165, 1.54) is 17.0 Å². The monoisotopic (exact) mass is 356 g/mol. The second-order valence-corrected chi connectivity index (χ2v) is 6.76. The highest BCUT2D eigenvalue weighted by Crippen LogP contribution is 2.29. The van der Waals surface area contributed by atoms with Crippen LogP contribution in [0.1, 0.15) is 21.5 Å². The molecule has 25 heavy (non-hydrogen) atoms. The Morgan fingerprint density at radius 3 is 2.60 bits per heavy atom. The van der Waals surface area contributed by atoms with Crippen LogP contribution in [0, 0.1) is 6.92 Å². The summed E-state index contributed by atoms with van der Waals surface area (Å²) in [4.78, 5) is 36.9. The number of carbonyl (C=O) groups is 3. The Hall–Kier alpha value is -2.80. The quantitative estimate of drug-likeness (QED) is 0.855. The topological polar surface area (TPSA) is 86.7 Å². The third-order valence-corrected chi connectivity index (χ3v) is 4.78. The molecule has 2 N–H and O–H groups in total. The molecule has 1 aliphatic rings. The van der Waals surface area contributed by atoms with E-state index in [0.29, 0.717) is 5.69 Å². The van der Waals surface area contributed by atoms with Gasteiger partial charge in [-0.15, -0.1) is 0 Å². The normalized spacial score (nSPS) is 17.0. The van der Waals surface area contributed by atoms with E-state index in [9.17, 15) is 14.4 Å². The summed E-state index contributed by atoms with van der Waals surface area (Å²) >= 11 is 0.892. The fourth-order valence-corrected chi connectivity index (χ4v) is 3.36. The number of hydrogen-bond acceptors (Lipinski definition) is 5. The highest BCUT2D eigenvalue weighted by atomic mass is 32.2. The van der Waals surface area contributed by atoms with Gasteiger partial charge in [0, 0.05) is 5.69 Å². The molecule has 1 unspecified atom stereocenters. The second kappa shape index (κ2) is 6.98. The number of amides is 2. The summed E-state index contributed by atoms with van der Waals surface area (Å²) in [7, 11) is 0. The molecule has 1 fully saturated rings. The smallest absolute Gasteiger partial charge is 0.335 e. The molecule has 1 saturated heterocycles. The first kappa shape index (κ1) is 17.0. The zero-order valence-electron chi connectivity index (χ0n) is 13.4. The minimum Gasteiger partial charge on any atom is -0.478 e. The standard InChI is InChI=1S/C18H16N2O4S/c1-11-5-7-12(8-6-11)10-20-16(21)15(25-18(20)24)19-14-4-2-3-13(9-14)17(22)23/h2-9,15,19H,10H2,1H3,(H,22,23). The number of nitrogens with zero attached hydrogens (tertiary/aromatic N) is 1. The molecular weight excluding hydrogens is 340 g/mol. The molecular formula is C18H16N2O4S. The second-order valence-electron chi connectivity index (χ2n) is 5.70. The number of aryl methyl sites for hydroxylation is 1. The summed E-state index contributed by atoms with van der Waals surface area (Å²) in [6.07, 6.45) is 0. The summed E-state index contributed by atoms with van der Waals surface area (Å²) < 4.78 is 0. The first-order chi connectivity index (χ1) is 11.9. The molecule has 2 aromatic carbocycles. The predicted molar refractivity (Wildman–Crippen MR) is 95.5 cm³/mol. The molecule has 0 spiro atoms. The van der Waals surface area contributed by atoms with Crippen LogP contribution >= 0.6 is 11.8 Å². The van der Waals surface area contributed by atoms with Crippen molar-refractivity contribution in [1.29, 1.82) is 0 Å². The van der Waals surface area contributed by atoms with Crippen molar-refractivity contribution in [3.63, 3.8) is 0 Å². The molecule has 2 amide bonds. The van der Waals surface area contributed by atoms with Crippen LogP contribution < -0.4 is 5.32 Å². The number of aromatic carboxylic acids is 1. The van der Waals surface area contributed by atoms with E-state index in [4.69, 9.17) is 5.11 Å². The van der Waals surface area contributed by atoms with Gasteiger partial charge in [-0.05, 0) is 42.4 Å². The van der Waals surface area contributed by atoms with Crippen molar-refractivity contribution in [2.24, 2.45) is 0 Å². The summed E-state index contributed by atoms with van der Waals surface area (Å²) in [5.74, 6) is -1.39. The van der Waals surface area contributed by atoms with E-state index >= 15 is 0 Å². The maximum Gasteiger partial charge on any atom is 0.335 e. The number of rotatable bonds is 5. The van der Waals surface area contributed by atoms with Crippen LogP contribution in [0.25, 0.3) is 0 Å². The average molecular weight is 356 g/mol. The van der Waals surface area contributed by atoms with E-state index in [-0.39, 0.29) is 23.3 Å². The number of hydrogen-bond donors (Lipinski definition) is 2.